The highest BCUT2D eigenvalue weighted by atomic mass is 16.1. The van der Waals surface area contributed by atoms with Gasteiger partial charge in [-0.1, -0.05) is 13.3 Å². The van der Waals surface area contributed by atoms with Crippen molar-refractivity contribution in [3.05, 3.63) is 34.1 Å². The van der Waals surface area contributed by atoms with Gasteiger partial charge in [0, 0.05) is 18.0 Å². The van der Waals surface area contributed by atoms with E-state index in [-0.39, 0.29) is 5.56 Å². The van der Waals surface area contributed by atoms with Crippen molar-refractivity contribution in [2.24, 2.45) is 5.73 Å². The van der Waals surface area contributed by atoms with Crippen LogP contribution in [0.5, 0.6) is 0 Å². The van der Waals surface area contributed by atoms with Crippen LogP contribution in [0.4, 0.5) is 0 Å². The maximum atomic E-state index is 10.9. The highest BCUT2D eigenvalue weighted by molar-refractivity contribution is 5.43. The van der Waals surface area contributed by atoms with Gasteiger partial charge in [0.25, 0.3) is 5.56 Å². The molecule has 0 spiro atoms. The lowest BCUT2D eigenvalue weighted by atomic mass is 10.2. The molecule has 4 heteroatoms. The second-order valence-electron chi connectivity index (χ2n) is 2.79. The van der Waals surface area contributed by atoms with Crippen LogP contribution in [-0.4, -0.2) is 9.97 Å². The molecule has 13 heavy (non-hydrogen) atoms. The topological polar surface area (TPSA) is 71.8 Å². The van der Waals surface area contributed by atoms with E-state index in [1.807, 2.05) is 6.92 Å². The lowest BCUT2D eigenvalue weighted by Gasteiger charge is -1.97. The molecule has 0 unspecified atom stereocenters. The van der Waals surface area contributed by atoms with Gasteiger partial charge in [-0.3, -0.25) is 4.79 Å². The lowest BCUT2D eigenvalue weighted by Crippen LogP contribution is -2.07. The van der Waals surface area contributed by atoms with E-state index in [0.717, 1.165) is 18.5 Å². The van der Waals surface area contributed by atoms with Gasteiger partial charge >= 0.3 is 0 Å². The molecule has 3 N–H and O–H groups in total. The highest BCUT2D eigenvalue weighted by Gasteiger charge is 1.92. The average molecular weight is 179 g/mol. The van der Waals surface area contributed by atoms with Crippen LogP contribution < -0.4 is 11.3 Å². The number of hydrogen-bond donors (Lipinski definition) is 2. The van der Waals surface area contributed by atoms with Gasteiger partial charge < -0.3 is 10.7 Å². The molecule has 0 bridgehead atoms. The summed E-state index contributed by atoms with van der Waals surface area (Å²) in [5, 5.41) is 0. The molecule has 1 aromatic heterocycles. The third kappa shape index (κ3) is 3.11. The summed E-state index contributed by atoms with van der Waals surface area (Å²) in [6, 6.07) is 1.37. The molecular weight excluding hydrogens is 166 g/mol. The van der Waals surface area contributed by atoms with E-state index in [4.69, 9.17) is 5.73 Å². The van der Waals surface area contributed by atoms with Crippen molar-refractivity contribution in [2.75, 3.05) is 0 Å². The van der Waals surface area contributed by atoms with Crippen molar-refractivity contribution in [1.82, 2.24) is 9.97 Å². The second-order valence-corrected chi connectivity index (χ2v) is 2.79. The van der Waals surface area contributed by atoms with Crippen molar-refractivity contribution >= 4 is 6.08 Å². The van der Waals surface area contributed by atoms with Gasteiger partial charge in [0.15, 0.2) is 0 Å². The number of nitrogens with one attached hydrogen (secondary N) is 1. The minimum Gasteiger partial charge on any atom is -0.402 e. The number of aromatic nitrogens is 2. The molecule has 0 saturated carbocycles. The first-order valence-corrected chi connectivity index (χ1v) is 4.23. The predicted octanol–water partition coefficient (Wildman–Crippen LogP) is 0.870. The molecule has 0 aromatic carbocycles. The Kier molecular flexibility index (Phi) is 3.25. The minimum atomic E-state index is -0.162. The van der Waals surface area contributed by atoms with Gasteiger partial charge in [-0.2, -0.15) is 0 Å². The number of hydrogen-bond acceptors (Lipinski definition) is 3. The number of allylic oxidation sites excluding steroid dienone is 1. The van der Waals surface area contributed by atoms with E-state index in [1.54, 1.807) is 6.08 Å². The van der Waals surface area contributed by atoms with Crippen LogP contribution in [0.2, 0.25) is 0 Å². The van der Waals surface area contributed by atoms with Crippen LogP contribution in [0.25, 0.3) is 6.08 Å². The Balaban J connectivity index is 2.84. The summed E-state index contributed by atoms with van der Waals surface area (Å²) in [6.45, 7) is 2.04. The number of nitrogens with two attached hydrogens (primary N) is 1. The van der Waals surface area contributed by atoms with E-state index >= 15 is 0 Å². The van der Waals surface area contributed by atoms with E-state index < -0.39 is 0 Å². The van der Waals surface area contributed by atoms with Crippen molar-refractivity contribution in [2.45, 2.75) is 19.8 Å². The van der Waals surface area contributed by atoms with E-state index in [9.17, 15) is 4.79 Å². The summed E-state index contributed by atoms with van der Waals surface area (Å²) >= 11 is 0. The zero-order chi connectivity index (χ0) is 9.68. The first kappa shape index (κ1) is 9.51. The zero-order valence-electron chi connectivity index (χ0n) is 7.58. The number of aromatic amines is 1. The van der Waals surface area contributed by atoms with Crippen LogP contribution >= 0.6 is 0 Å². The van der Waals surface area contributed by atoms with Gasteiger partial charge in [0.2, 0.25) is 0 Å². The van der Waals surface area contributed by atoms with Gasteiger partial charge in [0.05, 0.1) is 0 Å². The predicted molar refractivity (Wildman–Crippen MR) is 51.9 cm³/mol. The smallest absolute Gasteiger partial charge is 0.251 e. The van der Waals surface area contributed by atoms with Crippen molar-refractivity contribution in [3.63, 3.8) is 0 Å². The quantitative estimate of drug-likeness (QED) is 0.723. The van der Waals surface area contributed by atoms with Gasteiger partial charge in [-0.25, -0.2) is 4.98 Å². The zero-order valence-corrected chi connectivity index (χ0v) is 7.58. The minimum absolute atomic E-state index is 0.162. The second kappa shape index (κ2) is 4.45. The largest absolute Gasteiger partial charge is 0.402 e. The summed E-state index contributed by atoms with van der Waals surface area (Å²) < 4.78 is 0. The maximum Gasteiger partial charge on any atom is 0.251 e. The molecule has 0 amide bonds. The van der Waals surface area contributed by atoms with Gasteiger partial charge in [-0.15, -0.1) is 0 Å². The Morgan fingerprint density at radius 2 is 2.54 bits per heavy atom. The summed E-state index contributed by atoms with van der Waals surface area (Å²) in [5.74, 6) is 0.512. The first-order valence-electron chi connectivity index (χ1n) is 4.23. The van der Waals surface area contributed by atoms with Gasteiger partial charge in [-0.05, 0) is 12.5 Å². The summed E-state index contributed by atoms with van der Waals surface area (Å²) in [5.41, 5.74) is 6.24. The Hall–Kier alpha value is -1.58. The SMILES string of the molecule is CCCC(N)=Cc1nccc(=O)[nH]1. The third-order valence-electron chi connectivity index (χ3n) is 1.55. The molecule has 0 aliphatic carbocycles. The monoisotopic (exact) mass is 179 g/mol. The summed E-state index contributed by atoms with van der Waals surface area (Å²) in [4.78, 5) is 17.4. The highest BCUT2D eigenvalue weighted by Crippen LogP contribution is 2.00. The fraction of sp³-hybridized carbons (Fsp3) is 0.333. The molecular formula is C9H13N3O. The lowest BCUT2D eigenvalue weighted by molar-refractivity contribution is 0.897. The fourth-order valence-electron chi connectivity index (χ4n) is 0.995. The molecule has 70 valence electrons. The van der Waals surface area contributed by atoms with Crippen LogP contribution in [0.1, 0.15) is 25.6 Å². The first-order chi connectivity index (χ1) is 6.22. The Labute approximate surface area is 76.5 Å². The average Bonchev–Trinajstić information content (AvgIpc) is 2.04. The van der Waals surface area contributed by atoms with E-state index in [0.29, 0.717) is 5.82 Å². The van der Waals surface area contributed by atoms with Crippen LogP contribution in [0.15, 0.2) is 22.8 Å². The molecule has 1 rings (SSSR count). The van der Waals surface area contributed by atoms with Crippen molar-refractivity contribution in [1.29, 1.82) is 0 Å². The van der Waals surface area contributed by atoms with Gasteiger partial charge in [0.1, 0.15) is 5.82 Å². The maximum absolute atomic E-state index is 10.9. The molecule has 1 aromatic rings. The number of rotatable bonds is 3. The summed E-state index contributed by atoms with van der Waals surface area (Å²) in [6.07, 6.45) is 4.95. The van der Waals surface area contributed by atoms with Crippen LogP contribution in [0, 0.1) is 0 Å². The van der Waals surface area contributed by atoms with E-state index in [1.165, 1.54) is 12.3 Å². The molecule has 1 heterocycles. The molecule has 4 nitrogen and oxygen atoms in total. The molecule has 0 fully saturated rings. The Morgan fingerprint density at radius 3 is 3.15 bits per heavy atom. The van der Waals surface area contributed by atoms with Crippen molar-refractivity contribution in [3.8, 4) is 0 Å². The fourth-order valence-corrected chi connectivity index (χ4v) is 0.995. The third-order valence-corrected chi connectivity index (χ3v) is 1.55. The summed E-state index contributed by atoms with van der Waals surface area (Å²) in [7, 11) is 0. The standard InChI is InChI=1S/C9H13N3O/c1-2-3-7(10)6-8-11-5-4-9(13)12-8/h4-6H,2-3,10H2,1H3,(H,11,12,13). The van der Waals surface area contributed by atoms with E-state index in [2.05, 4.69) is 9.97 Å². The normalized spacial score (nSPS) is 11.6. The molecule has 0 saturated heterocycles. The Morgan fingerprint density at radius 1 is 1.77 bits per heavy atom. The molecule has 0 aliphatic heterocycles. The molecule has 0 radical (unpaired) electrons. The molecule has 0 atom stereocenters. The van der Waals surface area contributed by atoms with Crippen molar-refractivity contribution < 1.29 is 0 Å². The number of nitrogens with zero attached hydrogens (tertiary/aromatic N) is 1. The molecule has 0 aliphatic rings. The number of H-pyrrole nitrogens is 1. The van der Waals surface area contributed by atoms with Crippen LogP contribution in [-0.2, 0) is 0 Å². The Bertz CT molecular complexity index is 354. The van der Waals surface area contributed by atoms with Crippen LogP contribution in [0.3, 0.4) is 0 Å².